The van der Waals surface area contributed by atoms with Crippen LogP contribution in [0.4, 0.5) is 11.4 Å². The summed E-state index contributed by atoms with van der Waals surface area (Å²) in [5.41, 5.74) is 2.76. The van der Waals surface area contributed by atoms with Crippen LogP contribution < -0.4 is 5.32 Å². The Balaban J connectivity index is 1.73. The summed E-state index contributed by atoms with van der Waals surface area (Å²) < 4.78 is 0. The van der Waals surface area contributed by atoms with Crippen molar-refractivity contribution in [3.8, 4) is 11.4 Å². The van der Waals surface area contributed by atoms with Gasteiger partial charge < -0.3 is 5.32 Å². The standard InChI is InChI=1S/C15H13N5O2/c21-20(22)14-6-1-3-11(7-14)9-16-13-5-2-4-12(8-13)15-17-10-18-19-15/h1-8,10,16H,9H2,(H,17,18,19). The Morgan fingerprint density at radius 1 is 1.18 bits per heavy atom. The van der Waals surface area contributed by atoms with E-state index in [1.165, 1.54) is 12.4 Å². The highest BCUT2D eigenvalue weighted by atomic mass is 16.6. The minimum atomic E-state index is -0.395. The van der Waals surface area contributed by atoms with Gasteiger partial charge in [0.2, 0.25) is 0 Å². The van der Waals surface area contributed by atoms with E-state index in [1.807, 2.05) is 30.3 Å². The van der Waals surface area contributed by atoms with Gasteiger partial charge in [0.25, 0.3) is 5.69 Å². The molecule has 0 aliphatic rings. The van der Waals surface area contributed by atoms with Crippen LogP contribution in [0.5, 0.6) is 0 Å². The molecule has 0 amide bonds. The molecule has 1 heterocycles. The quantitative estimate of drug-likeness (QED) is 0.557. The van der Waals surface area contributed by atoms with Crippen molar-refractivity contribution < 1.29 is 4.92 Å². The summed E-state index contributed by atoms with van der Waals surface area (Å²) in [5, 5.41) is 20.7. The minimum Gasteiger partial charge on any atom is -0.381 e. The number of non-ortho nitro benzene ring substituents is 1. The number of nitrogens with one attached hydrogen (secondary N) is 2. The van der Waals surface area contributed by atoms with Crippen LogP contribution in [-0.2, 0) is 6.54 Å². The molecular weight excluding hydrogens is 282 g/mol. The molecule has 0 atom stereocenters. The van der Waals surface area contributed by atoms with E-state index in [2.05, 4.69) is 20.5 Å². The lowest BCUT2D eigenvalue weighted by Crippen LogP contribution is -2.00. The highest BCUT2D eigenvalue weighted by Gasteiger charge is 2.06. The van der Waals surface area contributed by atoms with Crippen LogP contribution in [0.3, 0.4) is 0 Å². The third-order valence-electron chi connectivity index (χ3n) is 3.17. The second-order valence-electron chi connectivity index (χ2n) is 4.70. The molecule has 1 aromatic heterocycles. The first-order valence-corrected chi connectivity index (χ1v) is 6.65. The average molecular weight is 295 g/mol. The lowest BCUT2D eigenvalue weighted by molar-refractivity contribution is -0.384. The monoisotopic (exact) mass is 295 g/mol. The van der Waals surface area contributed by atoms with Gasteiger partial charge in [-0.15, -0.1) is 0 Å². The molecule has 3 aromatic rings. The van der Waals surface area contributed by atoms with Crippen LogP contribution in [-0.4, -0.2) is 20.1 Å². The van der Waals surface area contributed by atoms with Gasteiger partial charge in [0.1, 0.15) is 6.33 Å². The van der Waals surface area contributed by atoms with Crippen LogP contribution in [0.2, 0.25) is 0 Å². The van der Waals surface area contributed by atoms with Crippen molar-refractivity contribution in [2.75, 3.05) is 5.32 Å². The molecular formula is C15H13N5O2. The van der Waals surface area contributed by atoms with Crippen molar-refractivity contribution in [2.45, 2.75) is 6.54 Å². The first-order chi connectivity index (χ1) is 10.7. The number of aromatic nitrogens is 3. The topological polar surface area (TPSA) is 96.7 Å². The number of nitro groups is 1. The van der Waals surface area contributed by atoms with Crippen molar-refractivity contribution in [1.82, 2.24) is 15.2 Å². The van der Waals surface area contributed by atoms with Crippen LogP contribution >= 0.6 is 0 Å². The highest BCUT2D eigenvalue weighted by Crippen LogP contribution is 2.20. The number of nitro benzene ring substituents is 1. The molecule has 110 valence electrons. The fourth-order valence-corrected chi connectivity index (χ4v) is 2.11. The summed E-state index contributed by atoms with van der Waals surface area (Å²) >= 11 is 0. The molecule has 3 rings (SSSR count). The number of hydrogen-bond acceptors (Lipinski definition) is 5. The molecule has 0 aliphatic heterocycles. The Bertz CT molecular complexity index is 786. The van der Waals surface area contributed by atoms with Gasteiger partial charge in [-0.25, -0.2) is 4.98 Å². The van der Waals surface area contributed by atoms with E-state index in [-0.39, 0.29) is 5.69 Å². The maximum atomic E-state index is 10.8. The van der Waals surface area contributed by atoms with E-state index in [0.29, 0.717) is 12.4 Å². The lowest BCUT2D eigenvalue weighted by atomic mass is 10.1. The third-order valence-corrected chi connectivity index (χ3v) is 3.17. The van der Waals surface area contributed by atoms with Gasteiger partial charge in [-0.05, 0) is 17.7 Å². The van der Waals surface area contributed by atoms with E-state index in [1.54, 1.807) is 12.1 Å². The molecule has 0 unspecified atom stereocenters. The second kappa shape index (κ2) is 6.04. The van der Waals surface area contributed by atoms with Gasteiger partial charge in [0, 0.05) is 29.9 Å². The molecule has 22 heavy (non-hydrogen) atoms. The summed E-state index contributed by atoms with van der Waals surface area (Å²) in [5.74, 6) is 0.694. The molecule has 0 saturated carbocycles. The molecule has 2 aromatic carbocycles. The van der Waals surface area contributed by atoms with Crippen LogP contribution in [0.15, 0.2) is 54.9 Å². The zero-order valence-electron chi connectivity index (χ0n) is 11.6. The minimum absolute atomic E-state index is 0.0923. The van der Waals surface area contributed by atoms with Crippen LogP contribution in [0.25, 0.3) is 11.4 Å². The van der Waals surface area contributed by atoms with Crippen LogP contribution in [0, 0.1) is 10.1 Å². The highest BCUT2D eigenvalue weighted by molar-refractivity contribution is 5.62. The molecule has 0 bridgehead atoms. The van der Waals surface area contributed by atoms with Gasteiger partial charge in [-0.1, -0.05) is 24.3 Å². The van der Waals surface area contributed by atoms with Crippen molar-refractivity contribution in [1.29, 1.82) is 0 Å². The first kappa shape index (κ1) is 13.7. The molecule has 2 N–H and O–H groups in total. The Morgan fingerprint density at radius 3 is 2.82 bits per heavy atom. The Labute approximate surface area is 126 Å². The Morgan fingerprint density at radius 2 is 2.05 bits per heavy atom. The Kier molecular flexibility index (Phi) is 3.78. The van der Waals surface area contributed by atoms with Gasteiger partial charge in [0.05, 0.1) is 4.92 Å². The van der Waals surface area contributed by atoms with E-state index in [9.17, 15) is 10.1 Å². The lowest BCUT2D eigenvalue weighted by Gasteiger charge is -2.07. The number of H-pyrrole nitrogens is 1. The molecule has 0 radical (unpaired) electrons. The molecule has 0 saturated heterocycles. The van der Waals surface area contributed by atoms with Gasteiger partial charge in [0.15, 0.2) is 5.82 Å². The van der Waals surface area contributed by atoms with Crippen LogP contribution in [0.1, 0.15) is 5.56 Å². The largest absolute Gasteiger partial charge is 0.381 e. The second-order valence-corrected chi connectivity index (χ2v) is 4.70. The summed E-state index contributed by atoms with van der Waals surface area (Å²) in [6.07, 6.45) is 1.46. The van der Waals surface area contributed by atoms with E-state index < -0.39 is 4.92 Å². The van der Waals surface area contributed by atoms with Crippen molar-refractivity contribution in [2.24, 2.45) is 0 Å². The summed E-state index contributed by atoms with van der Waals surface area (Å²) in [7, 11) is 0. The van der Waals surface area contributed by atoms with Crippen molar-refractivity contribution in [3.05, 3.63) is 70.5 Å². The zero-order valence-corrected chi connectivity index (χ0v) is 11.6. The molecule has 0 fully saturated rings. The number of benzene rings is 2. The summed E-state index contributed by atoms with van der Waals surface area (Å²) in [4.78, 5) is 14.5. The summed E-state index contributed by atoms with van der Waals surface area (Å²) in [6.45, 7) is 0.502. The van der Waals surface area contributed by atoms with Crippen molar-refractivity contribution in [3.63, 3.8) is 0 Å². The molecule has 7 nitrogen and oxygen atoms in total. The first-order valence-electron chi connectivity index (χ1n) is 6.65. The number of nitrogens with zero attached hydrogens (tertiary/aromatic N) is 3. The van der Waals surface area contributed by atoms with Gasteiger partial charge in [-0.2, -0.15) is 5.10 Å². The van der Waals surface area contributed by atoms with E-state index in [4.69, 9.17) is 0 Å². The van der Waals surface area contributed by atoms with E-state index >= 15 is 0 Å². The fraction of sp³-hybridized carbons (Fsp3) is 0.0667. The Hall–Kier alpha value is -3.22. The van der Waals surface area contributed by atoms with Gasteiger partial charge >= 0.3 is 0 Å². The van der Waals surface area contributed by atoms with E-state index in [0.717, 1.165) is 16.8 Å². The normalized spacial score (nSPS) is 10.4. The maximum absolute atomic E-state index is 10.8. The molecule has 7 heteroatoms. The predicted octanol–water partition coefficient (Wildman–Crippen LogP) is 2.99. The maximum Gasteiger partial charge on any atom is 0.269 e. The number of hydrogen-bond donors (Lipinski definition) is 2. The summed E-state index contributed by atoms with van der Waals surface area (Å²) in [6, 6.07) is 14.3. The molecule has 0 aliphatic carbocycles. The SMILES string of the molecule is O=[N+]([O-])c1cccc(CNc2cccc(-c3ncn[nH]3)c2)c1. The zero-order chi connectivity index (χ0) is 15.4. The predicted molar refractivity (Wildman–Crippen MR) is 82.2 cm³/mol. The number of aromatic amines is 1. The van der Waals surface area contributed by atoms with Crippen molar-refractivity contribution >= 4 is 11.4 Å². The third kappa shape index (κ3) is 3.09. The van der Waals surface area contributed by atoms with Gasteiger partial charge in [-0.3, -0.25) is 15.2 Å². The smallest absolute Gasteiger partial charge is 0.269 e. The molecule has 0 spiro atoms. The number of anilines is 1. The fourth-order valence-electron chi connectivity index (χ4n) is 2.11. The number of rotatable bonds is 5. The average Bonchev–Trinajstić information content (AvgIpc) is 3.08.